The van der Waals surface area contributed by atoms with Gasteiger partial charge in [-0.3, -0.25) is 4.79 Å². The molecule has 2 rings (SSSR count). The minimum atomic E-state index is -0.0766. The molecule has 2 heteroatoms. The predicted octanol–water partition coefficient (Wildman–Crippen LogP) is 4.19. The minimum Gasteiger partial charge on any atom is -0.346 e. The Labute approximate surface area is 126 Å². The van der Waals surface area contributed by atoms with Crippen LogP contribution in [0.25, 0.3) is 6.08 Å². The quantitative estimate of drug-likeness (QED) is 0.835. The van der Waals surface area contributed by atoms with Crippen molar-refractivity contribution < 1.29 is 4.79 Å². The molecule has 0 saturated carbocycles. The zero-order chi connectivity index (χ0) is 15.2. The van der Waals surface area contributed by atoms with Crippen LogP contribution in [0.5, 0.6) is 0 Å². The topological polar surface area (TPSA) is 29.1 Å². The van der Waals surface area contributed by atoms with Crippen LogP contribution in [0.1, 0.15) is 35.2 Å². The van der Waals surface area contributed by atoms with Crippen molar-refractivity contribution in [3.05, 3.63) is 76.9 Å². The molecule has 0 radical (unpaired) electrons. The highest BCUT2D eigenvalue weighted by atomic mass is 16.1. The van der Waals surface area contributed by atoms with Gasteiger partial charge in [0, 0.05) is 6.08 Å². The first-order valence-electron chi connectivity index (χ1n) is 7.17. The van der Waals surface area contributed by atoms with Gasteiger partial charge >= 0.3 is 0 Å². The second-order valence-electron chi connectivity index (χ2n) is 5.33. The van der Waals surface area contributed by atoms with Crippen molar-refractivity contribution in [1.82, 2.24) is 5.32 Å². The Kier molecular flexibility index (Phi) is 4.94. The first-order valence-corrected chi connectivity index (χ1v) is 7.17. The van der Waals surface area contributed by atoms with E-state index in [1.807, 2.05) is 43.3 Å². The third-order valence-electron chi connectivity index (χ3n) is 3.49. The average molecular weight is 279 g/mol. The lowest BCUT2D eigenvalue weighted by Crippen LogP contribution is -2.25. The number of carbonyl (C=O) groups is 1. The Bertz CT molecular complexity index is 644. The van der Waals surface area contributed by atoms with Crippen LogP contribution in [0, 0.1) is 13.8 Å². The number of aryl methyl sites for hydroxylation is 2. The molecule has 1 amide bonds. The summed E-state index contributed by atoms with van der Waals surface area (Å²) in [6, 6.07) is 16.1. The highest BCUT2D eigenvalue weighted by molar-refractivity contribution is 5.91. The Morgan fingerprint density at radius 3 is 2.52 bits per heavy atom. The molecule has 0 aliphatic carbocycles. The maximum Gasteiger partial charge on any atom is 0.244 e. The molecule has 0 aliphatic rings. The van der Waals surface area contributed by atoms with Crippen LogP contribution in [-0.2, 0) is 4.79 Å². The van der Waals surface area contributed by atoms with Gasteiger partial charge in [-0.05, 0) is 43.5 Å². The number of amides is 1. The van der Waals surface area contributed by atoms with Crippen molar-refractivity contribution in [2.45, 2.75) is 26.8 Å². The van der Waals surface area contributed by atoms with E-state index in [1.54, 1.807) is 6.08 Å². The summed E-state index contributed by atoms with van der Waals surface area (Å²) in [6.07, 6.45) is 3.40. The molecule has 0 saturated heterocycles. The Morgan fingerprint density at radius 2 is 1.81 bits per heavy atom. The fourth-order valence-electron chi connectivity index (χ4n) is 2.30. The molecule has 0 aromatic heterocycles. The van der Waals surface area contributed by atoms with Gasteiger partial charge in [0.1, 0.15) is 0 Å². The van der Waals surface area contributed by atoms with E-state index in [0.717, 1.165) is 11.1 Å². The smallest absolute Gasteiger partial charge is 0.244 e. The Balaban J connectivity index is 2.02. The molecule has 0 spiro atoms. The number of rotatable bonds is 4. The molecule has 0 bridgehead atoms. The first kappa shape index (κ1) is 15.0. The van der Waals surface area contributed by atoms with Crippen molar-refractivity contribution >= 4 is 12.0 Å². The van der Waals surface area contributed by atoms with Gasteiger partial charge in [-0.1, -0.05) is 54.1 Å². The van der Waals surface area contributed by atoms with Crippen LogP contribution in [0.3, 0.4) is 0 Å². The fourth-order valence-corrected chi connectivity index (χ4v) is 2.30. The predicted molar refractivity (Wildman–Crippen MR) is 87.9 cm³/mol. The number of hydrogen-bond donors (Lipinski definition) is 1. The van der Waals surface area contributed by atoms with Crippen LogP contribution in [0.4, 0.5) is 0 Å². The third-order valence-corrected chi connectivity index (χ3v) is 3.49. The Morgan fingerprint density at radius 1 is 1.10 bits per heavy atom. The van der Waals surface area contributed by atoms with Crippen molar-refractivity contribution in [1.29, 1.82) is 0 Å². The molecule has 21 heavy (non-hydrogen) atoms. The van der Waals surface area contributed by atoms with Gasteiger partial charge in [-0.15, -0.1) is 0 Å². The van der Waals surface area contributed by atoms with Gasteiger partial charge in [-0.25, -0.2) is 0 Å². The first-order chi connectivity index (χ1) is 10.1. The second-order valence-corrected chi connectivity index (χ2v) is 5.33. The number of benzene rings is 2. The molecule has 1 atom stereocenters. The van der Waals surface area contributed by atoms with Crippen molar-refractivity contribution in [2.24, 2.45) is 0 Å². The molecule has 0 fully saturated rings. The molecule has 1 N–H and O–H groups in total. The summed E-state index contributed by atoms with van der Waals surface area (Å²) in [5.74, 6) is -0.0766. The zero-order valence-corrected chi connectivity index (χ0v) is 12.8. The summed E-state index contributed by atoms with van der Waals surface area (Å²) >= 11 is 0. The molecule has 1 unspecified atom stereocenters. The van der Waals surface area contributed by atoms with Gasteiger partial charge in [0.25, 0.3) is 0 Å². The van der Waals surface area contributed by atoms with E-state index >= 15 is 0 Å². The van der Waals surface area contributed by atoms with Crippen LogP contribution in [0.15, 0.2) is 54.6 Å². The van der Waals surface area contributed by atoms with Crippen LogP contribution in [0.2, 0.25) is 0 Å². The number of hydrogen-bond acceptors (Lipinski definition) is 1. The van der Waals surface area contributed by atoms with Crippen molar-refractivity contribution in [2.75, 3.05) is 0 Å². The maximum absolute atomic E-state index is 12.0. The lowest BCUT2D eigenvalue weighted by atomic mass is 10.00. The molecule has 108 valence electrons. The zero-order valence-electron chi connectivity index (χ0n) is 12.8. The SMILES string of the molecule is Cc1ccc(C)c(C(C)NC(=O)/C=C/c2ccccc2)c1. The van der Waals surface area contributed by atoms with Gasteiger partial charge in [0.2, 0.25) is 5.91 Å². The summed E-state index contributed by atoms with van der Waals surface area (Å²) in [6.45, 7) is 6.14. The summed E-state index contributed by atoms with van der Waals surface area (Å²) in [5.41, 5.74) is 4.58. The number of nitrogens with one attached hydrogen (secondary N) is 1. The van der Waals surface area contributed by atoms with E-state index < -0.39 is 0 Å². The lowest BCUT2D eigenvalue weighted by molar-refractivity contribution is -0.117. The van der Waals surface area contributed by atoms with E-state index in [2.05, 4.69) is 37.4 Å². The largest absolute Gasteiger partial charge is 0.346 e. The molecule has 2 aromatic carbocycles. The minimum absolute atomic E-state index is 0.00202. The van der Waals surface area contributed by atoms with Crippen LogP contribution in [-0.4, -0.2) is 5.91 Å². The molecule has 2 aromatic rings. The Hall–Kier alpha value is -2.35. The maximum atomic E-state index is 12.0. The standard InChI is InChI=1S/C19H21NO/c1-14-9-10-15(2)18(13-14)16(3)20-19(21)12-11-17-7-5-4-6-8-17/h4-13,16H,1-3H3,(H,20,21)/b12-11+. The van der Waals surface area contributed by atoms with Crippen LogP contribution < -0.4 is 5.32 Å². The summed E-state index contributed by atoms with van der Waals surface area (Å²) in [7, 11) is 0. The summed E-state index contributed by atoms with van der Waals surface area (Å²) < 4.78 is 0. The van der Waals surface area contributed by atoms with E-state index in [1.165, 1.54) is 11.1 Å². The van der Waals surface area contributed by atoms with Gasteiger partial charge in [0.15, 0.2) is 0 Å². The molecular formula is C19H21NO. The van der Waals surface area contributed by atoms with E-state index in [0.29, 0.717) is 0 Å². The van der Waals surface area contributed by atoms with Gasteiger partial charge in [0.05, 0.1) is 6.04 Å². The lowest BCUT2D eigenvalue weighted by Gasteiger charge is -2.16. The van der Waals surface area contributed by atoms with E-state index in [4.69, 9.17) is 0 Å². The van der Waals surface area contributed by atoms with Gasteiger partial charge in [-0.2, -0.15) is 0 Å². The molecule has 2 nitrogen and oxygen atoms in total. The molecule has 0 aliphatic heterocycles. The van der Waals surface area contributed by atoms with E-state index in [9.17, 15) is 4.79 Å². The summed E-state index contributed by atoms with van der Waals surface area (Å²) in [5, 5.41) is 3.01. The second kappa shape index (κ2) is 6.89. The number of carbonyl (C=O) groups excluding carboxylic acids is 1. The molecular weight excluding hydrogens is 258 g/mol. The highest BCUT2D eigenvalue weighted by Crippen LogP contribution is 2.18. The average Bonchev–Trinajstić information content (AvgIpc) is 2.48. The van der Waals surface area contributed by atoms with Crippen molar-refractivity contribution in [3.63, 3.8) is 0 Å². The van der Waals surface area contributed by atoms with E-state index in [-0.39, 0.29) is 11.9 Å². The third kappa shape index (κ3) is 4.32. The van der Waals surface area contributed by atoms with Crippen LogP contribution >= 0.6 is 0 Å². The molecule has 0 heterocycles. The monoisotopic (exact) mass is 279 g/mol. The summed E-state index contributed by atoms with van der Waals surface area (Å²) in [4.78, 5) is 12.0. The normalized spacial score (nSPS) is 12.3. The van der Waals surface area contributed by atoms with Crippen molar-refractivity contribution in [3.8, 4) is 0 Å². The highest BCUT2D eigenvalue weighted by Gasteiger charge is 2.10. The fraction of sp³-hybridized carbons (Fsp3) is 0.211. The van der Waals surface area contributed by atoms with Gasteiger partial charge < -0.3 is 5.32 Å².